The fraction of sp³-hybridized carbons (Fsp3) is 0.333. The van der Waals surface area contributed by atoms with E-state index in [1.807, 2.05) is 48.2 Å². The molecule has 1 aliphatic heterocycles. The quantitative estimate of drug-likeness (QED) is 0.897. The summed E-state index contributed by atoms with van der Waals surface area (Å²) in [6.45, 7) is 3.46. The molecular weight excluding hydrogens is 328 g/mol. The number of para-hydroxylation sites is 1. The highest BCUT2D eigenvalue weighted by Gasteiger charge is 2.24. The van der Waals surface area contributed by atoms with Crippen LogP contribution in [-0.4, -0.2) is 36.9 Å². The van der Waals surface area contributed by atoms with Crippen LogP contribution in [0.5, 0.6) is 5.75 Å². The summed E-state index contributed by atoms with van der Waals surface area (Å²) >= 11 is 0. The monoisotopic (exact) mass is 352 g/mol. The summed E-state index contributed by atoms with van der Waals surface area (Å²) in [7, 11) is 1.59. The number of hydrogen-bond acceptors (Lipinski definition) is 3. The largest absolute Gasteiger partial charge is 0.496 e. The van der Waals surface area contributed by atoms with Crippen molar-refractivity contribution in [2.45, 2.75) is 26.2 Å². The molecular formula is C21H24N2O3. The van der Waals surface area contributed by atoms with Gasteiger partial charge in [-0.3, -0.25) is 9.59 Å². The van der Waals surface area contributed by atoms with Crippen LogP contribution in [0.25, 0.3) is 0 Å². The Morgan fingerprint density at radius 1 is 1.08 bits per heavy atom. The maximum atomic E-state index is 12.9. The van der Waals surface area contributed by atoms with Crippen molar-refractivity contribution >= 4 is 17.5 Å². The molecule has 1 N–H and O–H groups in total. The molecule has 26 heavy (non-hydrogen) atoms. The number of carbonyl (C=O) groups is 2. The molecule has 2 aromatic carbocycles. The second-order valence-electron chi connectivity index (χ2n) is 6.53. The molecule has 2 aromatic rings. The number of carbonyl (C=O) groups excluding carboxylic acids is 2. The maximum absolute atomic E-state index is 12.9. The van der Waals surface area contributed by atoms with Crippen LogP contribution in [-0.2, 0) is 11.2 Å². The van der Waals surface area contributed by atoms with E-state index in [2.05, 4.69) is 5.32 Å². The molecule has 0 saturated carbocycles. The summed E-state index contributed by atoms with van der Waals surface area (Å²) < 4.78 is 5.30. The van der Waals surface area contributed by atoms with Crippen LogP contribution in [0.1, 0.15) is 34.3 Å². The van der Waals surface area contributed by atoms with Crippen LogP contribution in [0, 0.1) is 6.92 Å². The Morgan fingerprint density at radius 2 is 1.81 bits per heavy atom. The van der Waals surface area contributed by atoms with E-state index < -0.39 is 0 Å². The molecule has 1 heterocycles. The van der Waals surface area contributed by atoms with Gasteiger partial charge in [-0.2, -0.15) is 0 Å². The predicted octanol–water partition coefficient (Wildman–Crippen LogP) is 3.42. The Hall–Kier alpha value is -2.82. The molecule has 0 spiro atoms. The lowest BCUT2D eigenvalue weighted by molar-refractivity contribution is -0.115. The minimum Gasteiger partial charge on any atom is -0.496 e. The molecule has 136 valence electrons. The normalized spacial score (nSPS) is 13.5. The number of nitrogens with one attached hydrogen (secondary N) is 1. The average molecular weight is 352 g/mol. The van der Waals surface area contributed by atoms with Gasteiger partial charge in [0.15, 0.2) is 0 Å². The number of rotatable bonds is 5. The van der Waals surface area contributed by atoms with Crippen LogP contribution in [0.3, 0.4) is 0 Å². The van der Waals surface area contributed by atoms with Crippen LogP contribution in [0.15, 0.2) is 42.5 Å². The van der Waals surface area contributed by atoms with Crippen molar-refractivity contribution in [3.05, 3.63) is 59.2 Å². The topological polar surface area (TPSA) is 58.6 Å². The Labute approximate surface area is 154 Å². The Morgan fingerprint density at radius 3 is 2.54 bits per heavy atom. The van der Waals surface area contributed by atoms with Crippen molar-refractivity contribution < 1.29 is 14.3 Å². The van der Waals surface area contributed by atoms with E-state index in [1.54, 1.807) is 13.2 Å². The van der Waals surface area contributed by atoms with Crippen LogP contribution < -0.4 is 10.1 Å². The number of aryl methyl sites for hydroxylation is 1. The lowest BCUT2D eigenvalue weighted by Crippen LogP contribution is -2.29. The van der Waals surface area contributed by atoms with Gasteiger partial charge in [0.2, 0.25) is 5.91 Å². The maximum Gasteiger partial charge on any atom is 0.256 e. The molecule has 1 fully saturated rings. The third kappa shape index (κ3) is 3.87. The number of hydrogen-bond donors (Lipinski definition) is 1. The van der Waals surface area contributed by atoms with Crippen molar-refractivity contribution in [2.75, 3.05) is 25.5 Å². The van der Waals surface area contributed by atoms with Crippen LogP contribution >= 0.6 is 0 Å². The van der Waals surface area contributed by atoms with E-state index in [0.717, 1.165) is 37.1 Å². The van der Waals surface area contributed by atoms with Gasteiger partial charge in [-0.25, -0.2) is 0 Å². The van der Waals surface area contributed by atoms with Gasteiger partial charge in [-0.05, 0) is 37.5 Å². The lowest BCUT2D eigenvalue weighted by atomic mass is 10.0. The number of likely N-dealkylation sites (tertiary alicyclic amines) is 1. The third-order valence-corrected chi connectivity index (χ3v) is 4.70. The molecule has 5 heteroatoms. The molecule has 0 aromatic heterocycles. The fourth-order valence-corrected chi connectivity index (χ4v) is 3.35. The molecule has 0 radical (unpaired) electrons. The van der Waals surface area contributed by atoms with Gasteiger partial charge in [0, 0.05) is 18.7 Å². The molecule has 3 rings (SSSR count). The van der Waals surface area contributed by atoms with E-state index in [-0.39, 0.29) is 18.2 Å². The first-order chi connectivity index (χ1) is 12.6. The average Bonchev–Trinajstić information content (AvgIpc) is 3.16. The van der Waals surface area contributed by atoms with Crippen molar-refractivity contribution in [2.24, 2.45) is 0 Å². The Kier molecular flexibility index (Phi) is 5.56. The fourth-order valence-electron chi connectivity index (χ4n) is 3.35. The van der Waals surface area contributed by atoms with E-state index in [9.17, 15) is 9.59 Å². The van der Waals surface area contributed by atoms with Crippen molar-refractivity contribution in [1.29, 1.82) is 0 Å². The highest BCUT2D eigenvalue weighted by atomic mass is 16.5. The summed E-state index contributed by atoms with van der Waals surface area (Å²) in [5.74, 6) is 0.504. The minimum absolute atomic E-state index is 0.00630. The van der Waals surface area contributed by atoms with E-state index >= 15 is 0 Å². The molecule has 0 bridgehead atoms. The molecule has 2 amide bonds. The number of nitrogens with zero attached hydrogens (tertiary/aromatic N) is 1. The summed E-state index contributed by atoms with van der Waals surface area (Å²) in [6.07, 6.45) is 2.26. The SMILES string of the molecule is COc1ccccc1CC(=O)Nc1cccc(C)c1C(=O)N1CCCC1. The van der Waals surface area contributed by atoms with E-state index in [4.69, 9.17) is 4.74 Å². The standard InChI is InChI=1S/C21H24N2O3/c1-15-8-7-10-17(20(15)21(25)23-12-5-6-13-23)22-19(24)14-16-9-3-4-11-18(16)26-2/h3-4,7-11H,5-6,12-14H2,1-2H3,(H,22,24). The van der Waals surface area contributed by atoms with E-state index in [1.165, 1.54) is 0 Å². The number of amides is 2. The van der Waals surface area contributed by atoms with Crippen molar-refractivity contribution in [3.8, 4) is 5.75 Å². The molecule has 1 aliphatic rings. The second kappa shape index (κ2) is 8.04. The Bertz CT molecular complexity index is 811. The number of ether oxygens (including phenoxy) is 1. The first-order valence-corrected chi connectivity index (χ1v) is 8.91. The third-order valence-electron chi connectivity index (χ3n) is 4.70. The molecule has 0 aliphatic carbocycles. The van der Waals surface area contributed by atoms with Crippen molar-refractivity contribution in [1.82, 2.24) is 4.90 Å². The number of anilines is 1. The van der Waals surface area contributed by atoms with Gasteiger partial charge in [0.05, 0.1) is 24.8 Å². The molecule has 5 nitrogen and oxygen atoms in total. The molecule has 0 unspecified atom stereocenters. The smallest absolute Gasteiger partial charge is 0.256 e. The predicted molar refractivity (Wildman–Crippen MR) is 102 cm³/mol. The van der Waals surface area contributed by atoms with Gasteiger partial charge in [-0.15, -0.1) is 0 Å². The van der Waals surface area contributed by atoms with Gasteiger partial charge < -0.3 is 15.0 Å². The highest BCUT2D eigenvalue weighted by Crippen LogP contribution is 2.24. The molecule has 0 atom stereocenters. The van der Waals surface area contributed by atoms with Crippen molar-refractivity contribution in [3.63, 3.8) is 0 Å². The summed E-state index contributed by atoms with van der Waals surface area (Å²) in [5.41, 5.74) is 2.84. The number of methoxy groups -OCH3 is 1. The first-order valence-electron chi connectivity index (χ1n) is 8.91. The minimum atomic E-state index is -0.171. The summed E-state index contributed by atoms with van der Waals surface area (Å²) in [5, 5.41) is 2.91. The van der Waals surface area contributed by atoms with Gasteiger partial charge in [0.25, 0.3) is 5.91 Å². The first kappa shape index (κ1) is 18.0. The summed E-state index contributed by atoms with van der Waals surface area (Å²) in [6, 6.07) is 13.0. The number of benzene rings is 2. The zero-order chi connectivity index (χ0) is 18.5. The summed E-state index contributed by atoms with van der Waals surface area (Å²) in [4.78, 5) is 27.3. The molecule has 1 saturated heterocycles. The zero-order valence-electron chi connectivity index (χ0n) is 15.2. The van der Waals surface area contributed by atoms with Gasteiger partial charge >= 0.3 is 0 Å². The van der Waals surface area contributed by atoms with Gasteiger partial charge in [0.1, 0.15) is 5.75 Å². The highest BCUT2D eigenvalue weighted by molar-refractivity contribution is 6.05. The zero-order valence-corrected chi connectivity index (χ0v) is 15.2. The van der Waals surface area contributed by atoms with Gasteiger partial charge in [-0.1, -0.05) is 30.3 Å². The van der Waals surface area contributed by atoms with E-state index in [0.29, 0.717) is 17.0 Å². The van der Waals surface area contributed by atoms with Crippen LogP contribution in [0.2, 0.25) is 0 Å². The second-order valence-corrected chi connectivity index (χ2v) is 6.53. The Balaban J connectivity index is 1.80. The lowest BCUT2D eigenvalue weighted by Gasteiger charge is -2.20. The van der Waals surface area contributed by atoms with Crippen LogP contribution in [0.4, 0.5) is 5.69 Å².